The number of halogens is 2. The summed E-state index contributed by atoms with van der Waals surface area (Å²) < 4.78 is 14.1. The van der Waals surface area contributed by atoms with Gasteiger partial charge in [0.15, 0.2) is 5.82 Å². The molecule has 94 valence electrons. The maximum absolute atomic E-state index is 14.1. The molecule has 3 nitrogen and oxygen atoms in total. The second-order valence-corrected chi connectivity index (χ2v) is 5.10. The van der Waals surface area contributed by atoms with Gasteiger partial charge in [-0.25, -0.2) is 4.39 Å². The van der Waals surface area contributed by atoms with Gasteiger partial charge in [-0.1, -0.05) is 11.6 Å². The van der Waals surface area contributed by atoms with Gasteiger partial charge in [0.2, 0.25) is 0 Å². The van der Waals surface area contributed by atoms with Crippen molar-refractivity contribution in [3.8, 4) is 0 Å². The molecular weight excluding hydrogens is 241 g/mol. The fourth-order valence-electron chi connectivity index (χ4n) is 2.11. The first-order valence-corrected chi connectivity index (χ1v) is 6.07. The lowest BCUT2D eigenvalue weighted by atomic mass is 10.1. The maximum Gasteiger partial charge on any atom is 0.169 e. The van der Waals surface area contributed by atoms with Crippen LogP contribution in [-0.4, -0.2) is 13.1 Å². The Morgan fingerprint density at radius 3 is 2.53 bits per heavy atom. The van der Waals surface area contributed by atoms with Gasteiger partial charge in [0, 0.05) is 13.1 Å². The van der Waals surface area contributed by atoms with E-state index in [4.69, 9.17) is 23.1 Å². The summed E-state index contributed by atoms with van der Waals surface area (Å²) in [6, 6.07) is 1.77. The number of anilines is 3. The average molecular weight is 258 g/mol. The highest BCUT2D eigenvalue weighted by Gasteiger charge is 2.32. The number of rotatable bonds is 3. The molecule has 0 amide bonds. The zero-order valence-corrected chi connectivity index (χ0v) is 10.8. The molecule has 0 aliphatic heterocycles. The van der Waals surface area contributed by atoms with Gasteiger partial charge in [0.05, 0.1) is 17.1 Å². The third-order valence-electron chi connectivity index (χ3n) is 3.51. The molecule has 0 heterocycles. The summed E-state index contributed by atoms with van der Waals surface area (Å²) in [6.07, 6.45) is 2.38. The molecule has 5 heteroatoms. The molecule has 2 rings (SSSR count). The highest BCUT2D eigenvalue weighted by molar-refractivity contribution is 6.33. The minimum atomic E-state index is -0.529. The van der Waals surface area contributed by atoms with Crippen LogP contribution in [0.5, 0.6) is 0 Å². The number of hydrogen-bond donors (Lipinski definition) is 2. The van der Waals surface area contributed by atoms with E-state index in [-0.39, 0.29) is 16.8 Å². The fraction of sp³-hybridized carbons (Fsp3) is 0.500. The molecule has 1 aromatic carbocycles. The van der Waals surface area contributed by atoms with Crippen LogP contribution < -0.4 is 16.4 Å². The van der Waals surface area contributed by atoms with Crippen LogP contribution >= 0.6 is 11.6 Å². The summed E-state index contributed by atoms with van der Waals surface area (Å²) in [5, 5.41) is -0.0518. The average Bonchev–Trinajstić information content (AvgIpc) is 3.08. The van der Waals surface area contributed by atoms with Crippen LogP contribution in [-0.2, 0) is 0 Å². The van der Waals surface area contributed by atoms with Crippen LogP contribution in [0.3, 0.4) is 0 Å². The summed E-state index contributed by atoms with van der Waals surface area (Å²) in [5.41, 5.74) is 12.3. The molecule has 17 heavy (non-hydrogen) atoms. The zero-order valence-electron chi connectivity index (χ0n) is 10.0. The van der Waals surface area contributed by atoms with E-state index in [1.165, 1.54) is 18.9 Å². The van der Waals surface area contributed by atoms with Gasteiger partial charge in [-0.05, 0) is 31.7 Å². The number of nitrogen functional groups attached to an aromatic ring is 2. The van der Waals surface area contributed by atoms with E-state index in [1.54, 1.807) is 0 Å². The minimum absolute atomic E-state index is 0.0518. The third-order valence-corrected chi connectivity index (χ3v) is 3.89. The standard InChI is InChI=1S/C12H17ClFN3/c1-6(7-3-4-7)17(2)12-9(16)5-8(15)10(13)11(12)14/h5-7H,3-4,15-16H2,1-2H3. The van der Waals surface area contributed by atoms with Crippen molar-refractivity contribution in [1.82, 2.24) is 0 Å². The molecule has 0 saturated heterocycles. The van der Waals surface area contributed by atoms with Crippen molar-refractivity contribution in [2.45, 2.75) is 25.8 Å². The zero-order chi connectivity index (χ0) is 12.7. The molecule has 4 N–H and O–H groups in total. The van der Waals surface area contributed by atoms with E-state index in [0.29, 0.717) is 17.3 Å². The highest BCUT2D eigenvalue weighted by Crippen LogP contribution is 2.41. The van der Waals surface area contributed by atoms with Crippen molar-refractivity contribution in [2.75, 3.05) is 23.4 Å². The van der Waals surface area contributed by atoms with Crippen molar-refractivity contribution in [3.63, 3.8) is 0 Å². The first kappa shape index (κ1) is 12.3. The van der Waals surface area contributed by atoms with E-state index in [0.717, 1.165) is 0 Å². The van der Waals surface area contributed by atoms with Crippen LogP contribution in [0.25, 0.3) is 0 Å². The summed E-state index contributed by atoms with van der Waals surface area (Å²) in [4.78, 5) is 1.85. The maximum atomic E-state index is 14.1. The Labute approximate surface area is 106 Å². The van der Waals surface area contributed by atoms with Crippen molar-refractivity contribution >= 4 is 28.7 Å². The number of nitrogens with two attached hydrogens (primary N) is 2. The Morgan fingerprint density at radius 1 is 1.41 bits per heavy atom. The lowest BCUT2D eigenvalue weighted by Crippen LogP contribution is -2.32. The van der Waals surface area contributed by atoms with Gasteiger partial charge in [-0.2, -0.15) is 0 Å². The van der Waals surface area contributed by atoms with Gasteiger partial charge in [0.25, 0.3) is 0 Å². The normalized spacial score (nSPS) is 16.9. The second-order valence-electron chi connectivity index (χ2n) is 4.72. The Morgan fingerprint density at radius 2 is 2.00 bits per heavy atom. The first-order valence-electron chi connectivity index (χ1n) is 5.69. The number of benzene rings is 1. The van der Waals surface area contributed by atoms with Crippen LogP contribution in [0.15, 0.2) is 6.07 Å². The summed E-state index contributed by atoms with van der Waals surface area (Å²) in [5.74, 6) is 0.0919. The van der Waals surface area contributed by atoms with Gasteiger partial charge >= 0.3 is 0 Å². The molecule has 1 aliphatic rings. The van der Waals surface area contributed by atoms with Crippen LogP contribution in [0, 0.1) is 11.7 Å². The van der Waals surface area contributed by atoms with Crippen LogP contribution in [0.1, 0.15) is 19.8 Å². The lowest BCUT2D eigenvalue weighted by molar-refractivity contribution is 0.578. The van der Waals surface area contributed by atoms with Gasteiger partial charge in [0.1, 0.15) is 5.02 Å². The molecule has 0 aromatic heterocycles. The van der Waals surface area contributed by atoms with Gasteiger partial charge in [-0.3, -0.25) is 0 Å². The lowest BCUT2D eigenvalue weighted by Gasteiger charge is -2.29. The summed E-state index contributed by atoms with van der Waals surface area (Å²) in [7, 11) is 1.84. The first-order chi connectivity index (χ1) is 7.93. The molecule has 0 radical (unpaired) electrons. The Bertz CT molecular complexity index is 446. The smallest absolute Gasteiger partial charge is 0.169 e. The quantitative estimate of drug-likeness (QED) is 0.819. The van der Waals surface area contributed by atoms with Crippen molar-refractivity contribution in [3.05, 3.63) is 16.9 Å². The number of hydrogen-bond acceptors (Lipinski definition) is 3. The van der Waals surface area contributed by atoms with Crippen molar-refractivity contribution < 1.29 is 4.39 Å². The van der Waals surface area contributed by atoms with Crippen LogP contribution in [0.4, 0.5) is 21.5 Å². The Hall–Kier alpha value is -1.16. The van der Waals surface area contributed by atoms with Crippen molar-refractivity contribution in [2.24, 2.45) is 5.92 Å². The second kappa shape index (κ2) is 4.26. The third kappa shape index (κ3) is 2.14. The molecule has 1 saturated carbocycles. The summed E-state index contributed by atoms with van der Waals surface area (Å²) in [6.45, 7) is 2.07. The molecule has 1 aliphatic carbocycles. The molecule has 1 aromatic rings. The minimum Gasteiger partial charge on any atom is -0.397 e. The van der Waals surface area contributed by atoms with Gasteiger partial charge < -0.3 is 16.4 Å². The molecule has 1 atom stereocenters. The van der Waals surface area contributed by atoms with Crippen molar-refractivity contribution in [1.29, 1.82) is 0 Å². The summed E-state index contributed by atoms with van der Waals surface area (Å²) >= 11 is 5.82. The largest absolute Gasteiger partial charge is 0.397 e. The molecule has 0 bridgehead atoms. The topological polar surface area (TPSA) is 55.3 Å². The fourth-order valence-corrected chi connectivity index (χ4v) is 2.26. The molecular formula is C12H17ClFN3. The number of nitrogens with zero attached hydrogens (tertiary/aromatic N) is 1. The van der Waals surface area contributed by atoms with Crippen LogP contribution in [0.2, 0.25) is 5.02 Å². The molecule has 1 fully saturated rings. The van der Waals surface area contributed by atoms with E-state index >= 15 is 0 Å². The van der Waals surface area contributed by atoms with E-state index in [1.807, 2.05) is 11.9 Å². The monoisotopic (exact) mass is 257 g/mol. The van der Waals surface area contributed by atoms with E-state index in [9.17, 15) is 4.39 Å². The SMILES string of the molecule is CC(C1CC1)N(C)c1c(N)cc(N)c(Cl)c1F. The Kier molecular flexibility index (Phi) is 3.08. The predicted molar refractivity (Wildman–Crippen MR) is 70.8 cm³/mol. The van der Waals surface area contributed by atoms with E-state index < -0.39 is 5.82 Å². The molecule has 1 unspecified atom stereocenters. The molecule has 0 spiro atoms. The van der Waals surface area contributed by atoms with E-state index in [2.05, 4.69) is 6.92 Å². The van der Waals surface area contributed by atoms with Gasteiger partial charge in [-0.15, -0.1) is 0 Å². The predicted octanol–water partition coefficient (Wildman–Crippen LogP) is 2.88. The highest BCUT2D eigenvalue weighted by atomic mass is 35.5. The Balaban J connectivity index is 2.40.